The molecule has 0 bridgehead atoms. The number of halogens is 4. The van der Waals surface area contributed by atoms with Gasteiger partial charge < -0.3 is 0 Å². The maximum atomic E-state index is 13.3. The second-order valence-electron chi connectivity index (χ2n) is 7.32. The second-order valence-corrected chi connectivity index (χ2v) is 9.83. The molecule has 0 saturated heterocycles. The number of carbonyl (C=O) groups excluding carboxylic acids is 1. The second kappa shape index (κ2) is 9.53. The molecule has 0 atom stereocenters. The fourth-order valence-corrected chi connectivity index (χ4v) is 5.00. The number of fused-ring (bicyclic) bond motifs is 1. The topological polar surface area (TPSA) is 54.9 Å². The predicted octanol–water partition coefficient (Wildman–Crippen LogP) is 8.89. The molecule has 168 valence electrons. The van der Waals surface area contributed by atoms with Crippen molar-refractivity contribution in [1.29, 1.82) is 0 Å². The average molecular weight is 545 g/mol. The van der Waals surface area contributed by atoms with Crippen LogP contribution in [0.15, 0.2) is 72.1 Å². The van der Waals surface area contributed by atoms with Crippen molar-refractivity contribution in [2.24, 2.45) is 0 Å². The van der Waals surface area contributed by atoms with Crippen LogP contribution in [0.5, 0.6) is 0 Å². The summed E-state index contributed by atoms with van der Waals surface area (Å²) in [7, 11) is 0. The molecule has 0 radical (unpaired) electrons. The summed E-state index contributed by atoms with van der Waals surface area (Å²) in [5, 5.41) is 7.80. The fourth-order valence-electron chi connectivity index (χ4n) is 3.48. The number of benzene rings is 3. The molecule has 1 N–H and O–H groups in total. The van der Waals surface area contributed by atoms with Gasteiger partial charge in [-0.15, -0.1) is 11.3 Å². The van der Waals surface area contributed by atoms with Gasteiger partial charge in [-0.05, 0) is 42.5 Å². The van der Waals surface area contributed by atoms with Gasteiger partial charge in [0.25, 0.3) is 5.91 Å². The first-order valence-corrected chi connectivity index (χ1v) is 12.4. The number of thiazole rings is 1. The molecule has 0 aliphatic rings. The third-order valence-corrected chi connectivity index (χ3v) is 7.15. The summed E-state index contributed by atoms with van der Waals surface area (Å²) in [6, 6.07) is 19.6. The molecule has 34 heavy (non-hydrogen) atoms. The van der Waals surface area contributed by atoms with Crippen molar-refractivity contribution >= 4 is 79.7 Å². The minimum atomic E-state index is -0.306. The molecule has 0 aliphatic heterocycles. The van der Waals surface area contributed by atoms with E-state index < -0.39 is 0 Å². The molecule has 5 rings (SSSR count). The number of hydrogen-bond donors (Lipinski definition) is 1. The molecule has 3 aromatic carbocycles. The van der Waals surface area contributed by atoms with Crippen LogP contribution in [0, 0.1) is 0 Å². The van der Waals surface area contributed by atoms with E-state index in [0.717, 1.165) is 10.9 Å². The third-order valence-electron chi connectivity index (χ3n) is 5.11. The van der Waals surface area contributed by atoms with Crippen molar-refractivity contribution in [3.05, 3.63) is 97.8 Å². The molecule has 0 unspecified atom stereocenters. The zero-order valence-corrected chi connectivity index (χ0v) is 21.0. The minimum absolute atomic E-state index is 0.306. The lowest BCUT2D eigenvalue weighted by Crippen LogP contribution is -2.13. The van der Waals surface area contributed by atoms with Crippen LogP contribution in [0.2, 0.25) is 20.1 Å². The summed E-state index contributed by atoms with van der Waals surface area (Å²) >= 11 is 25.9. The highest BCUT2D eigenvalue weighted by molar-refractivity contribution is 7.14. The summed E-state index contributed by atoms with van der Waals surface area (Å²) < 4.78 is 0. The van der Waals surface area contributed by atoms with Crippen molar-refractivity contribution in [1.82, 2.24) is 9.97 Å². The summed E-state index contributed by atoms with van der Waals surface area (Å²) in [4.78, 5) is 22.6. The van der Waals surface area contributed by atoms with E-state index in [1.165, 1.54) is 11.3 Å². The van der Waals surface area contributed by atoms with Gasteiger partial charge in [-0.2, -0.15) is 0 Å². The van der Waals surface area contributed by atoms with Crippen molar-refractivity contribution in [2.45, 2.75) is 0 Å². The highest BCUT2D eigenvalue weighted by atomic mass is 35.5. The molecular formula is C25H13Cl4N3OS. The SMILES string of the molecule is O=C(Nc1nc(-c2ccc(Cl)c(Cl)c2)cs1)c1cc(-c2ccc(Cl)cc2Cl)nc2ccccc12. The number of rotatable bonds is 4. The summed E-state index contributed by atoms with van der Waals surface area (Å²) in [5.74, 6) is -0.306. The standard InChI is InChI=1S/C25H13Cl4N3OS/c26-14-6-7-16(19(28)10-14)22-11-17(15-3-1-2-4-21(15)30-22)24(33)32-25-31-23(12-34-25)13-5-8-18(27)20(29)9-13/h1-12H,(H,31,32,33). The van der Waals surface area contributed by atoms with Crippen LogP contribution in [0.3, 0.4) is 0 Å². The Kier molecular flexibility index (Phi) is 6.47. The van der Waals surface area contributed by atoms with E-state index >= 15 is 0 Å². The van der Waals surface area contributed by atoms with Gasteiger partial charge in [-0.1, -0.05) is 70.7 Å². The number of aromatic nitrogens is 2. The first-order valence-electron chi connectivity index (χ1n) is 9.96. The van der Waals surface area contributed by atoms with Crippen molar-refractivity contribution in [3.8, 4) is 22.5 Å². The number of amides is 1. The van der Waals surface area contributed by atoms with Crippen LogP contribution in [-0.4, -0.2) is 15.9 Å². The molecular weight excluding hydrogens is 532 g/mol. The van der Waals surface area contributed by atoms with Crippen LogP contribution >= 0.6 is 57.7 Å². The van der Waals surface area contributed by atoms with Crippen LogP contribution in [0.1, 0.15) is 10.4 Å². The first kappa shape index (κ1) is 23.1. The maximum Gasteiger partial charge on any atom is 0.258 e. The van der Waals surface area contributed by atoms with Crippen molar-refractivity contribution < 1.29 is 4.79 Å². The Morgan fingerprint density at radius 3 is 2.41 bits per heavy atom. The third kappa shape index (κ3) is 4.63. The molecule has 4 nitrogen and oxygen atoms in total. The van der Waals surface area contributed by atoms with Gasteiger partial charge in [0.05, 0.1) is 37.5 Å². The van der Waals surface area contributed by atoms with Gasteiger partial charge in [-0.25, -0.2) is 9.97 Å². The molecule has 2 aromatic heterocycles. The summed E-state index contributed by atoms with van der Waals surface area (Å²) in [5.41, 5.74) is 3.88. The van der Waals surface area contributed by atoms with E-state index in [0.29, 0.717) is 53.3 Å². The lowest BCUT2D eigenvalue weighted by atomic mass is 10.0. The number of para-hydroxylation sites is 1. The summed E-state index contributed by atoms with van der Waals surface area (Å²) in [6.07, 6.45) is 0. The maximum absolute atomic E-state index is 13.3. The van der Waals surface area contributed by atoms with E-state index in [1.54, 1.807) is 36.4 Å². The summed E-state index contributed by atoms with van der Waals surface area (Å²) in [6.45, 7) is 0. The van der Waals surface area contributed by atoms with Crippen LogP contribution in [0.4, 0.5) is 5.13 Å². The van der Waals surface area contributed by atoms with Gasteiger partial charge in [-0.3, -0.25) is 10.1 Å². The van der Waals surface area contributed by atoms with Gasteiger partial charge in [0.1, 0.15) is 0 Å². The Morgan fingerprint density at radius 2 is 1.62 bits per heavy atom. The molecule has 2 heterocycles. The van der Waals surface area contributed by atoms with Gasteiger partial charge in [0.15, 0.2) is 5.13 Å². The van der Waals surface area contributed by atoms with Crippen LogP contribution < -0.4 is 5.32 Å². The molecule has 0 aliphatic carbocycles. The fraction of sp³-hybridized carbons (Fsp3) is 0. The van der Waals surface area contributed by atoms with Crippen molar-refractivity contribution in [3.63, 3.8) is 0 Å². The zero-order valence-electron chi connectivity index (χ0n) is 17.2. The van der Waals surface area contributed by atoms with Crippen molar-refractivity contribution in [2.75, 3.05) is 5.32 Å². The first-order chi connectivity index (χ1) is 16.4. The number of nitrogens with zero attached hydrogens (tertiary/aromatic N) is 2. The molecule has 1 amide bonds. The largest absolute Gasteiger partial charge is 0.298 e. The van der Waals surface area contributed by atoms with E-state index in [2.05, 4.69) is 10.3 Å². The average Bonchev–Trinajstić information content (AvgIpc) is 3.28. The quantitative estimate of drug-likeness (QED) is 0.246. The monoisotopic (exact) mass is 543 g/mol. The van der Waals surface area contributed by atoms with Gasteiger partial charge in [0, 0.05) is 26.9 Å². The molecule has 0 fully saturated rings. The smallest absolute Gasteiger partial charge is 0.258 e. The molecule has 5 aromatic rings. The van der Waals surface area contributed by atoms with E-state index in [9.17, 15) is 4.79 Å². The van der Waals surface area contributed by atoms with Gasteiger partial charge >= 0.3 is 0 Å². The Hall–Kier alpha value is -2.67. The minimum Gasteiger partial charge on any atom is -0.298 e. The highest BCUT2D eigenvalue weighted by Crippen LogP contribution is 2.33. The molecule has 0 saturated carbocycles. The van der Waals surface area contributed by atoms with Crippen LogP contribution in [-0.2, 0) is 0 Å². The Morgan fingerprint density at radius 1 is 0.794 bits per heavy atom. The Bertz CT molecular complexity index is 1570. The lowest BCUT2D eigenvalue weighted by molar-refractivity contribution is 0.102. The van der Waals surface area contributed by atoms with E-state index in [-0.39, 0.29) is 5.91 Å². The molecule has 0 spiro atoms. The van der Waals surface area contributed by atoms with Gasteiger partial charge in [0.2, 0.25) is 0 Å². The zero-order chi connectivity index (χ0) is 23.8. The number of hydrogen-bond acceptors (Lipinski definition) is 4. The highest BCUT2D eigenvalue weighted by Gasteiger charge is 2.17. The molecule has 9 heteroatoms. The lowest BCUT2D eigenvalue weighted by Gasteiger charge is -2.11. The Balaban J connectivity index is 1.51. The number of pyridine rings is 1. The van der Waals surface area contributed by atoms with E-state index in [4.69, 9.17) is 51.4 Å². The normalized spacial score (nSPS) is 11.1. The Labute approximate surface area is 219 Å². The van der Waals surface area contributed by atoms with E-state index in [1.807, 2.05) is 35.7 Å². The van der Waals surface area contributed by atoms with Crippen LogP contribution in [0.25, 0.3) is 33.4 Å². The predicted molar refractivity (Wildman–Crippen MR) is 143 cm³/mol. The number of anilines is 1. The number of carbonyl (C=O) groups is 1. The number of nitrogens with one attached hydrogen (secondary N) is 1.